The van der Waals surface area contributed by atoms with Crippen LogP contribution in [0.15, 0.2) is 95.2 Å². The van der Waals surface area contributed by atoms with Crippen molar-refractivity contribution >= 4 is 78.9 Å². The first-order valence-corrected chi connectivity index (χ1v) is 39.8. The number of nitrogens with one attached hydrogen (secondary N) is 3. The largest absolute Gasteiger partial charge is 0.478 e. The van der Waals surface area contributed by atoms with Crippen molar-refractivity contribution in [2.45, 2.75) is 212 Å². The number of aromatic carboxylic acids is 1. The maximum absolute atomic E-state index is 13.2. The molecule has 27 nitrogen and oxygen atoms in total. The summed E-state index contributed by atoms with van der Waals surface area (Å²) in [7, 11) is -8.16. The lowest BCUT2D eigenvalue weighted by Crippen LogP contribution is -2.45. The highest BCUT2D eigenvalue weighted by molar-refractivity contribution is 7.90. The van der Waals surface area contributed by atoms with Gasteiger partial charge in [0.2, 0.25) is 11.8 Å². The zero-order valence-corrected chi connectivity index (χ0v) is 64.4. The van der Waals surface area contributed by atoms with E-state index in [9.17, 15) is 36.0 Å². The van der Waals surface area contributed by atoms with Crippen LogP contribution < -0.4 is 30.0 Å². The van der Waals surface area contributed by atoms with Crippen molar-refractivity contribution in [1.29, 1.82) is 0 Å². The van der Waals surface area contributed by atoms with Crippen molar-refractivity contribution < 1.29 is 62.8 Å². The molecule has 2 aliphatic heterocycles. The number of hydrogen-bond donors (Lipinski definition) is 5. The van der Waals surface area contributed by atoms with E-state index in [-0.39, 0.29) is 84.8 Å². The Hall–Kier alpha value is -7.86. The molecule has 8 heterocycles. The summed E-state index contributed by atoms with van der Waals surface area (Å²) in [5.74, 6) is 0.395. The number of pyridine rings is 4. The van der Waals surface area contributed by atoms with Crippen LogP contribution >= 0.6 is 23.2 Å². The molecule has 2 saturated heterocycles. The molecule has 0 unspecified atom stereocenters. The Bertz CT molecular complexity index is 4570. The van der Waals surface area contributed by atoms with Gasteiger partial charge in [0.25, 0.3) is 26.0 Å². The molecule has 0 radical (unpaired) electrons. The molecule has 2 atom stereocenters. The monoisotopic (exact) mass is 1540 g/mol. The van der Waals surface area contributed by atoms with E-state index in [1.165, 1.54) is 91.1 Å². The van der Waals surface area contributed by atoms with Gasteiger partial charge in [-0.2, -0.15) is 8.42 Å². The molecular weight excluding hydrogens is 1440 g/mol. The normalized spacial score (nSPS) is 21.3. The van der Waals surface area contributed by atoms with Crippen LogP contribution in [0.4, 0.5) is 21.2 Å². The third kappa shape index (κ3) is 17.8. The first-order valence-electron chi connectivity index (χ1n) is 37.1. The summed E-state index contributed by atoms with van der Waals surface area (Å²) in [4.78, 5) is 69.5. The summed E-state index contributed by atoms with van der Waals surface area (Å²) in [5, 5.41) is 28.3. The molecule has 6 aromatic rings. The van der Waals surface area contributed by atoms with Crippen LogP contribution in [0.5, 0.6) is 11.8 Å². The van der Waals surface area contributed by atoms with E-state index >= 15 is 0 Å². The van der Waals surface area contributed by atoms with Gasteiger partial charge >= 0.3 is 18.2 Å². The number of ether oxygens (including phenoxy) is 4. The van der Waals surface area contributed by atoms with Crippen LogP contribution in [0.1, 0.15) is 203 Å². The lowest BCUT2D eigenvalue weighted by molar-refractivity contribution is 0.0118. The van der Waals surface area contributed by atoms with Crippen molar-refractivity contribution in [3.63, 3.8) is 0 Å². The van der Waals surface area contributed by atoms with E-state index < -0.39 is 43.1 Å². The van der Waals surface area contributed by atoms with E-state index in [1.807, 2.05) is 65.0 Å². The van der Waals surface area contributed by atoms with Gasteiger partial charge in [0.1, 0.15) is 33.1 Å². The molecule has 0 aromatic carbocycles. The Morgan fingerprint density at radius 2 is 0.981 bits per heavy atom. The fraction of sp³-hybridized carbons (Fsp3) is 0.600. The van der Waals surface area contributed by atoms with Gasteiger partial charge in [-0.05, 0) is 266 Å². The molecule has 8 aliphatic rings. The standard InChI is InChI=1S/C37H48ClN7O6S.C19H32N4O4S.C18H18ClN3O3.CH4/c1-34(2,3)51-33(47)44-23-24(22-35(44,4)5)8-7-19-39-27-9-6-10-30(40-27)52(48,49)43-32(46)25-11-12-28(41-31(25)38)45-20-13-29(42-45)50-21-14-26-36(15-16-36)37(26)17-18-37;1-18(2,3)27-17(24)23-13-14(12-19(23,4)5)8-7-11-21-15-9-6-10-16(22-15)28(20,25)26;19-15-11(16(23)24)1-2-13(20-15)22-9-3-14(21-22)25-10-4-12-17(5-6-17)18(12)7-8-18;/h6,9-13,20,24,26H,7-8,14-19,21-23H2,1-5H3,(H,39,40)(H,43,46);6,9-10,14H,7-8,11-13H2,1-5H3,(H,21,22)(H2,20,25,26);1-3,9,12H,4-8,10H2,(H,23,24);1H4/t24-;14-;;/m00../s1/i26D;;12D;. The molecule has 6 aromatic heterocycles. The van der Waals surface area contributed by atoms with Gasteiger partial charge in [-0.15, -0.1) is 10.2 Å². The van der Waals surface area contributed by atoms with Crippen molar-refractivity contribution in [3.8, 4) is 23.4 Å². The van der Waals surface area contributed by atoms with Crippen LogP contribution in [0.3, 0.4) is 0 Å². The van der Waals surface area contributed by atoms with Gasteiger partial charge in [0, 0.05) is 64.5 Å². The molecule has 6 N–H and O–H groups in total. The molecule has 8 fully saturated rings. The molecule has 576 valence electrons. The third-order valence-corrected chi connectivity index (χ3v) is 24.2. The number of rotatable bonds is 25. The number of nitrogens with two attached hydrogens (primary N) is 1. The smallest absolute Gasteiger partial charge is 0.410 e. The number of carbonyl (C=O) groups excluding carboxylic acids is 3. The van der Waals surface area contributed by atoms with E-state index in [2.05, 4.69) is 54.6 Å². The number of primary sulfonamides is 1. The Balaban J connectivity index is 0.000000177. The lowest BCUT2D eigenvalue weighted by Gasteiger charge is -2.33. The maximum atomic E-state index is 13.2. The molecule has 14 rings (SSSR count). The summed E-state index contributed by atoms with van der Waals surface area (Å²) in [6, 6.07) is 18.4. The lowest BCUT2D eigenvalue weighted by atomic mass is 9.93. The number of carbonyl (C=O) groups is 4. The van der Waals surface area contributed by atoms with Gasteiger partial charge in [-0.1, -0.05) is 42.8 Å². The minimum atomic E-state index is -4.35. The Morgan fingerprint density at radius 3 is 1.36 bits per heavy atom. The van der Waals surface area contributed by atoms with Gasteiger partial charge in [-0.3, -0.25) is 4.79 Å². The minimum absolute atomic E-state index is 0. The molecule has 6 saturated carbocycles. The SMILES string of the molecule is C.CC(C)(C)OC(=O)N1C[C@@H](CCCNc2cccc(S(N)(=O)=O)n2)CC1(C)C.[2H]C1(CCOc2ccn(-c3ccc(C(=O)NS(=O)(=O)c4cccc(NCCC[C@@H]5CN(C(=O)OC(C)(C)C)C(C)(C)C5)n4)c(Cl)n3)n2)C2(CC2)C12CC2.[2H]C1(CCOc2ccn(-c3ccc(C(=O)O)c(Cl)n3)n2)C2(CC2)C12CC2. The third-order valence-electron chi connectivity index (χ3n) is 21.5. The molecular formula is C75H102Cl2N14O13S2. The maximum Gasteiger partial charge on any atom is 0.410 e. The average Bonchev–Trinajstić information content (AvgIpc) is 1.43. The number of nitrogens with zero attached hydrogens (tertiary/aromatic N) is 10. The van der Waals surface area contributed by atoms with E-state index in [4.69, 9.17) is 55.1 Å². The second kappa shape index (κ2) is 30.0. The number of halogens is 2. The highest BCUT2D eigenvalue weighted by atomic mass is 35.5. The van der Waals surface area contributed by atoms with E-state index in [0.717, 1.165) is 44.9 Å². The summed E-state index contributed by atoms with van der Waals surface area (Å²) in [6.07, 6.45) is 19.0. The minimum Gasteiger partial charge on any atom is -0.478 e. The summed E-state index contributed by atoms with van der Waals surface area (Å²) < 4.78 is 94.5. The zero-order valence-electron chi connectivity index (χ0n) is 63.3. The number of likely N-dealkylation sites (tertiary alicyclic amines) is 2. The highest BCUT2D eigenvalue weighted by Crippen LogP contribution is 2.94. The zero-order chi connectivity index (χ0) is 77.3. The molecule has 0 bridgehead atoms. The number of hydrogen-bond acceptors (Lipinski definition) is 20. The van der Waals surface area contributed by atoms with Crippen molar-refractivity contribution in [3.05, 3.63) is 107 Å². The molecule has 31 heteroatoms. The van der Waals surface area contributed by atoms with E-state index in [0.29, 0.717) is 104 Å². The molecule has 3 amide bonds. The first kappa shape index (κ1) is 76.3. The van der Waals surface area contributed by atoms with Crippen molar-refractivity contribution in [2.75, 3.05) is 50.0 Å². The second-order valence-electron chi connectivity index (χ2n) is 32.3. The van der Waals surface area contributed by atoms with Crippen LogP contribution in [0, 0.1) is 45.3 Å². The number of aromatic nitrogens is 8. The quantitative estimate of drug-likeness (QED) is 0.0262. The Labute approximate surface area is 634 Å². The van der Waals surface area contributed by atoms with Crippen LogP contribution in [-0.4, -0.2) is 157 Å². The van der Waals surface area contributed by atoms with Crippen LogP contribution in [0.25, 0.3) is 11.6 Å². The number of fused-ring (bicyclic) bond motifs is 2. The number of sulfonamides is 2. The summed E-state index contributed by atoms with van der Waals surface area (Å²) in [6.45, 7) is 22.8. The average molecular weight is 1540 g/mol. The predicted molar refractivity (Wildman–Crippen MR) is 400 cm³/mol. The topological polar surface area (TPSA) is 349 Å². The fourth-order valence-electron chi connectivity index (χ4n) is 16.2. The summed E-state index contributed by atoms with van der Waals surface area (Å²) >= 11 is 12.3. The Morgan fingerprint density at radius 1 is 0.585 bits per heavy atom. The molecule has 106 heavy (non-hydrogen) atoms. The fourth-order valence-corrected chi connectivity index (χ4v) is 18.1. The van der Waals surface area contributed by atoms with Crippen LogP contribution in [0.2, 0.25) is 10.3 Å². The van der Waals surface area contributed by atoms with Crippen molar-refractivity contribution in [2.24, 2.45) is 50.4 Å². The number of amides is 3. The number of anilines is 2. The second-order valence-corrected chi connectivity index (χ2v) is 36.1. The number of carboxylic acids is 1. The summed E-state index contributed by atoms with van der Waals surface area (Å²) in [5.41, 5.74) is -0.660. The van der Waals surface area contributed by atoms with Crippen molar-refractivity contribution in [1.82, 2.24) is 54.0 Å². The highest BCUT2D eigenvalue weighted by Gasteiger charge is 2.86. The Kier molecular flexibility index (Phi) is 21.6. The van der Waals surface area contributed by atoms with Gasteiger partial charge in [-0.25, -0.2) is 62.0 Å². The first-order chi connectivity index (χ1) is 50.1. The number of carboxylic acid groups (broad SMARTS) is 1. The van der Waals surface area contributed by atoms with Gasteiger partial charge < -0.3 is 44.5 Å². The predicted octanol–water partition coefficient (Wildman–Crippen LogP) is 13.8. The van der Waals surface area contributed by atoms with Crippen LogP contribution in [-0.2, 0) is 29.5 Å². The van der Waals surface area contributed by atoms with Gasteiger partial charge in [0.15, 0.2) is 21.7 Å². The molecule has 6 aliphatic carbocycles. The van der Waals surface area contributed by atoms with Gasteiger partial charge in [0.05, 0.1) is 24.3 Å². The molecule has 4 spiro atoms. The van der Waals surface area contributed by atoms with E-state index in [1.54, 1.807) is 59.8 Å².